The highest BCUT2D eigenvalue weighted by molar-refractivity contribution is 5.90. The molecule has 1 atom stereocenters. The molecule has 1 aromatic heterocycles. The lowest BCUT2D eigenvalue weighted by Gasteiger charge is -2.37. The summed E-state index contributed by atoms with van der Waals surface area (Å²) in [6, 6.07) is 14.5. The number of rotatable bonds is 6. The van der Waals surface area contributed by atoms with Gasteiger partial charge in [-0.2, -0.15) is 5.26 Å². The van der Waals surface area contributed by atoms with E-state index in [1.807, 2.05) is 36.4 Å². The summed E-state index contributed by atoms with van der Waals surface area (Å²) in [7, 11) is 1.66. The van der Waals surface area contributed by atoms with Crippen LogP contribution in [0.1, 0.15) is 39.2 Å². The van der Waals surface area contributed by atoms with Gasteiger partial charge in [0, 0.05) is 39.5 Å². The Morgan fingerprint density at radius 2 is 1.79 bits per heavy atom. The zero-order chi connectivity index (χ0) is 27.5. The first-order valence-corrected chi connectivity index (χ1v) is 12.5. The molecule has 200 valence electrons. The van der Waals surface area contributed by atoms with Crippen molar-refractivity contribution in [1.29, 1.82) is 5.26 Å². The van der Waals surface area contributed by atoms with Crippen LogP contribution in [0.15, 0.2) is 51.7 Å². The summed E-state index contributed by atoms with van der Waals surface area (Å²) in [5, 5.41) is 15.3. The van der Waals surface area contributed by atoms with Gasteiger partial charge >= 0.3 is 11.8 Å². The summed E-state index contributed by atoms with van der Waals surface area (Å²) >= 11 is 0. The molecule has 2 heterocycles. The average Bonchev–Trinajstić information content (AvgIpc) is 3.16. The SMILES string of the molecule is Cn1c(=O)oc2ccc(-c3ccc(CC(C#N)NC(=O)C4(NC(=O)OC(C)(C)C)CCOCC4)cc3)cc21. The van der Waals surface area contributed by atoms with Gasteiger partial charge in [0.25, 0.3) is 0 Å². The Bertz CT molecular complexity index is 1420. The lowest BCUT2D eigenvalue weighted by atomic mass is 9.88. The molecule has 4 rings (SSSR count). The van der Waals surface area contributed by atoms with E-state index in [0.29, 0.717) is 24.3 Å². The molecule has 0 radical (unpaired) electrons. The standard InChI is InChI=1S/C28H32N4O6/c1-27(2,3)38-25(34)31-28(11-13-36-14-12-28)24(33)30-21(17-29)15-18-5-7-19(8-6-18)20-9-10-23-22(16-20)32(4)26(35)37-23/h5-10,16,21H,11-15H2,1-4H3,(H,30,33)(H,31,34). The second-order valence-electron chi connectivity index (χ2n) is 10.5. The minimum Gasteiger partial charge on any atom is -0.444 e. The summed E-state index contributed by atoms with van der Waals surface area (Å²) in [6.07, 6.45) is 0.151. The van der Waals surface area contributed by atoms with E-state index in [1.54, 1.807) is 33.9 Å². The van der Waals surface area contributed by atoms with E-state index in [-0.39, 0.29) is 19.3 Å². The Morgan fingerprint density at radius 1 is 1.13 bits per heavy atom. The third-order valence-electron chi connectivity index (χ3n) is 6.50. The minimum atomic E-state index is -1.22. The highest BCUT2D eigenvalue weighted by Crippen LogP contribution is 2.25. The number of alkyl carbamates (subject to hydrolysis) is 1. The number of benzene rings is 2. The Morgan fingerprint density at radius 3 is 2.42 bits per heavy atom. The highest BCUT2D eigenvalue weighted by atomic mass is 16.6. The van der Waals surface area contributed by atoms with Gasteiger partial charge in [-0.1, -0.05) is 30.3 Å². The van der Waals surface area contributed by atoms with Crippen LogP contribution in [0.25, 0.3) is 22.2 Å². The fourth-order valence-electron chi connectivity index (χ4n) is 4.43. The molecule has 0 aliphatic carbocycles. The van der Waals surface area contributed by atoms with Crippen LogP contribution >= 0.6 is 0 Å². The van der Waals surface area contributed by atoms with Crippen LogP contribution in [0.5, 0.6) is 0 Å². The van der Waals surface area contributed by atoms with E-state index in [9.17, 15) is 19.6 Å². The number of carbonyl (C=O) groups is 2. The molecule has 0 spiro atoms. The first-order valence-electron chi connectivity index (χ1n) is 12.5. The predicted octanol–water partition coefficient (Wildman–Crippen LogP) is 3.42. The Kier molecular flexibility index (Phi) is 7.60. The quantitative estimate of drug-likeness (QED) is 0.508. The molecule has 1 saturated heterocycles. The van der Waals surface area contributed by atoms with Crippen LogP contribution in [0, 0.1) is 11.3 Å². The second kappa shape index (κ2) is 10.7. The maximum absolute atomic E-state index is 13.3. The molecule has 2 amide bonds. The van der Waals surface area contributed by atoms with Gasteiger partial charge in [-0.15, -0.1) is 0 Å². The van der Waals surface area contributed by atoms with Crippen LogP contribution in [0.2, 0.25) is 0 Å². The van der Waals surface area contributed by atoms with Crippen molar-refractivity contribution in [3.63, 3.8) is 0 Å². The van der Waals surface area contributed by atoms with Gasteiger partial charge in [0.05, 0.1) is 11.6 Å². The first-order chi connectivity index (χ1) is 18.0. The molecule has 2 N–H and O–H groups in total. The van der Waals surface area contributed by atoms with E-state index in [0.717, 1.165) is 16.7 Å². The van der Waals surface area contributed by atoms with Crippen molar-refractivity contribution in [2.24, 2.45) is 7.05 Å². The van der Waals surface area contributed by atoms with Gasteiger partial charge < -0.3 is 24.5 Å². The third-order valence-corrected chi connectivity index (χ3v) is 6.50. The molecule has 38 heavy (non-hydrogen) atoms. The summed E-state index contributed by atoms with van der Waals surface area (Å²) in [5.74, 6) is -0.852. The molecule has 10 nitrogen and oxygen atoms in total. The maximum Gasteiger partial charge on any atom is 0.419 e. The summed E-state index contributed by atoms with van der Waals surface area (Å²) in [4.78, 5) is 37.6. The molecule has 0 saturated carbocycles. The molecule has 2 aromatic carbocycles. The number of hydrogen-bond acceptors (Lipinski definition) is 7. The van der Waals surface area contributed by atoms with E-state index in [2.05, 4.69) is 16.7 Å². The van der Waals surface area contributed by atoms with Gasteiger partial charge in [0.2, 0.25) is 5.91 Å². The van der Waals surface area contributed by atoms with Crippen LogP contribution in [0.3, 0.4) is 0 Å². The van der Waals surface area contributed by atoms with Crippen molar-refractivity contribution in [3.8, 4) is 17.2 Å². The molecular formula is C28H32N4O6. The van der Waals surface area contributed by atoms with Gasteiger partial charge in [-0.25, -0.2) is 9.59 Å². The first kappa shape index (κ1) is 26.9. The molecule has 1 aliphatic rings. The molecule has 1 aliphatic heterocycles. The fourth-order valence-corrected chi connectivity index (χ4v) is 4.43. The molecule has 1 fully saturated rings. The number of nitrogens with one attached hydrogen (secondary N) is 2. The normalized spacial score (nSPS) is 15.9. The van der Waals surface area contributed by atoms with Crippen LogP contribution in [0.4, 0.5) is 4.79 Å². The number of amides is 2. The zero-order valence-electron chi connectivity index (χ0n) is 22.0. The molecule has 0 bridgehead atoms. The highest BCUT2D eigenvalue weighted by Gasteiger charge is 2.43. The monoisotopic (exact) mass is 520 g/mol. The number of aromatic nitrogens is 1. The average molecular weight is 521 g/mol. The van der Waals surface area contributed by atoms with Crippen molar-refractivity contribution in [3.05, 3.63) is 58.6 Å². The zero-order valence-corrected chi connectivity index (χ0v) is 22.0. The summed E-state index contributed by atoms with van der Waals surface area (Å²) in [6.45, 7) is 5.86. The van der Waals surface area contributed by atoms with Crippen molar-refractivity contribution >= 4 is 23.1 Å². The van der Waals surface area contributed by atoms with E-state index < -0.39 is 34.9 Å². The Labute approximate surface area is 220 Å². The third kappa shape index (κ3) is 6.06. The number of aryl methyl sites for hydroxylation is 1. The minimum absolute atomic E-state index is 0.275. The Balaban J connectivity index is 1.45. The van der Waals surface area contributed by atoms with Crippen molar-refractivity contribution in [2.75, 3.05) is 13.2 Å². The number of nitriles is 1. The molecule has 1 unspecified atom stereocenters. The smallest absolute Gasteiger partial charge is 0.419 e. The van der Waals surface area contributed by atoms with Crippen molar-refractivity contribution in [1.82, 2.24) is 15.2 Å². The predicted molar refractivity (Wildman–Crippen MR) is 140 cm³/mol. The molecule has 10 heteroatoms. The van der Waals surface area contributed by atoms with Crippen LogP contribution in [-0.2, 0) is 27.7 Å². The lowest BCUT2D eigenvalue weighted by molar-refractivity contribution is -0.132. The van der Waals surface area contributed by atoms with Crippen molar-refractivity contribution in [2.45, 2.75) is 57.2 Å². The summed E-state index contributed by atoms with van der Waals surface area (Å²) < 4.78 is 17.4. The number of ether oxygens (including phenoxy) is 2. The maximum atomic E-state index is 13.3. The lowest BCUT2D eigenvalue weighted by Crippen LogP contribution is -2.63. The largest absolute Gasteiger partial charge is 0.444 e. The van der Waals surface area contributed by atoms with E-state index in [1.165, 1.54) is 4.57 Å². The molecule has 3 aromatic rings. The molecular weight excluding hydrogens is 488 g/mol. The summed E-state index contributed by atoms with van der Waals surface area (Å²) in [5.41, 5.74) is 2.00. The fraction of sp³-hybridized carbons (Fsp3) is 0.429. The van der Waals surface area contributed by atoms with Crippen LogP contribution < -0.4 is 16.4 Å². The second-order valence-corrected chi connectivity index (χ2v) is 10.5. The number of carbonyl (C=O) groups excluding carboxylic acids is 2. The number of oxazole rings is 1. The Hall–Kier alpha value is -4.10. The number of hydrogen-bond donors (Lipinski definition) is 2. The van der Waals surface area contributed by atoms with Gasteiger partial charge in [-0.3, -0.25) is 9.36 Å². The van der Waals surface area contributed by atoms with Gasteiger partial charge in [0.1, 0.15) is 17.2 Å². The van der Waals surface area contributed by atoms with Gasteiger partial charge in [-0.05, 0) is 49.6 Å². The number of nitrogens with zero attached hydrogens (tertiary/aromatic N) is 2. The van der Waals surface area contributed by atoms with Gasteiger partial charge in [0.15, 0.2) is 5.58 Å². The number of fused-ring (bicyclic) bond motifs is 1. The topological polar surface area (TPSA) is 136 Å². The van der Waals surface area contributed by atoms with E-state index in [4.69, 9.17) is 13.9 Å². The van der Waals surface area contributed by atoms with E-state index >= 15 is 0 Å². The van der Waals surface area contributed by atoms with Crippen LogP contribution in [-0.4, -0.2) is 47.0 Å². The van der Waals surface area contributed by atoms with Crippen molar-refractivity contribution < 1.29 is 23.5 Å².